The van der Waals surface area contributed by atoms with E-state index in [1.807, 2.05) is 6.92 Å². The van der Waals surface area contributed by atoms with E-state index in [1.54, 1.807) is 0 Å². The minimum absolute atomic E-state index is 0.0697. The number of rotatable bonds is 4. The van der Waals surface area contributed by atoms with Crippen LogP contribution in [0, 0.1) is 5.92 Å². The molecule has 0 saturated heterocycles. The Morgan fingerprint density at radius 2 is 2.15 bits per heavy atom. The third kappa shape index (κ3) is 2.62. The summed E-state index contributed by atoms with van der Waals surface area (Å²) >= 11 is 0. The van der Waals surface area contributed by atoms with Gasteiger partial charge < -0.3 is 10.4 Å². The Morgan fingerprint density at radius 3 is 2.54 bits per heavy atom. The Morgan fingerprint density at radius 1 is 1.62 bits per heavy atom. The largest absolute Gasteiger partial charge is 0.477 e. The molecular formula is C8H13F2NO2. The monoisotopic (exact) mass is 193 g/mol. The molecule has 0 aliphatic heterocycles. The highest BCUT2D eigenvalue weighted by atomic mass is 19.3. The summed E-state index contributed by atoms with van der Waals surface area (Å²) in [5, 5.41) is 10.6. The fourth-order valence-electron chi connectivity index (χ4n) is 1.42. The summed E-state index contributed by atoms with van der Waals surface area (Å²) in [4.78, 5) is 10.0. The van der Waals surface area contributed by atoms with E-state index in [1.165, 1.54) is 0 Å². The third-order valence-corrected chi connectivity index (χ3v) is 2.30. The first kappa shape index (κ1) is 10.4. The molecule has 0 bridgehead atoms. The Kier molecular flexibility index (Phi) is 2.85. The average molecular weight is 193 g/mol. The standard InChI is InChI=1S/C8H13F2NO2/c1-5-2-6(3-5)11-4-8(9,10)7(12)13/h5-6,11H,2-4H2,1H3,(H,12,13). The highest BCUT2D eigenvalue weighted by Gasteiger charge is 2.39. The number of halogens is 2. The number of carbonyl (C=O) groups is 1. The molecule has 0 atom stereocenters. The van der Waals surface area contributed by atoms with Gasteiger partial charge in [-0.25, -0.2) is 4.79 Å². The van der Waals surface area contributed by atoms with Crippen LogP contribution >= 0.6 is 0 Å². The highest BCUT2D eigenvalue weighted by Crippen LogP contribution is 2.26. The van der Waals surface area contributed by atoms with Crippen LogP contribution in [0.2, 0.25) is 0 Å². The van der Waals surface area contributed by atoms with Crippen LogP contribution in [0.5, 0.6) is 0 Å². The van der Waals surface area contributed by atoms with E-state index >= 15 is 0 Å². The van der Waals surface area contributed by atoms with Crippen LogP contribution in [-0.2, 0) is 4.79 Å². The third-order valence-electron chi connectivity index (χ3n) is 2.30. The zero-order valence-electron chi connectivity index (χ0n) is 7.39. The van der Waals surface area contributed by atoms with Crippen molar-refractivity contribution in [3.63, 3.8) is 0 Å². The maximum Gasteiger partial charge on any atom is 0.375 e. The minimum Gasteiger partial charge on any atom is -0.477 e. The van der Waals surface area contributed by atoms with Gasteiger partial charge in [0.1, 0.15) is 0 Å². The fraction of sp³-hybridized carbons (Fsp3) is 0.875. The maximum absolute atomic E-state index is 12.5. The Labute approximate surface area is 75.1 Å². The van der Waals surface area contributed by atoms with Crippen molar-refractivity contribution in [2.45, 2.75) is 31.7 Å². The summed E-state index contributed by atoms with van der Waals surface area (Å²) in [6.07, 6.45) is 1.71. The van der Waals surface area contributed by atoms with Crippen LogP contribution in [0.25, 0.3) is 0 Å². The maximum atomic E-state index is 12.5. The van der Waals surface area contributed by atoms with Crippen LogP contribution < -0.4 is 5.32 Å². The normalized spacial score (nSPS) is 28.2. The van der Waals surface area contributed by atoms with E-state index in [-0.39, 0.29) is 6.04 Å². The Hall–Kier alpha value is -0.710. The van der Waals surface area contributed by atoms with Crippen molar-refractivity contribution >= 4 is 5.97 Å². The van der Waals surface area contributed by atoms with E-state index in [0.717, 1.165) is 12.8 Å². The molecule has 3 nitrogen and oxygen atoms in total. The number of carboxylic acid groups (broad SMARTS) is 1. The number of nitrogens with one attached hydrogen (secondary N) is 1. The zero-order valence-corrected chi connectivity index (χ0v) is 7.39. The number of hydrogen-bond acceptors (Lipinski definition) is 2. The number of alkyl halides is 2. The van der Waals surface area contributed by atoms with Crippen molar-refractivity contribution in [2.75, 3.05) is 6.54 Å². The molecule has 1 aliphatic rings. The SMILES string of the molecule is CC1CC(NCC(F)(F)C(=O)O)C1. The molecule has 1 aliphatic carbocycles. The minimum atomic E-state index is -3.64. The molecule has 1 rings (SSSR count). The molecule has 0 unspecified atom stereocenters. The molecule has 0 spiro atoms. The molecule has 0 radical (unpaired) electrons. The van der Waals surface area contributed by atoms with Crippen molar-refractivity contribution in [3.05, 3.63) is 0 Å². The summed E-state index contributed by atoms with van der Waals surface area (Å²) < 4.78 is 25.0. The molecule has 1 fully saturated rings. The van der Waals surface area contributed by atoms with Gasteiger partial charge in [0, 0.05) is 6.04 Å². The van der Waals surface area contributed by atoms with Gasteiger partial charge in [0.15, 0.2) is 0 Å². The highest BCUT2D eigenvalue weighted by molar-refractivity contribution is 5.75. The molecule has 0 amide bonds. The van der Waals surface area contributed by atoms with Gasteiger partial charge in [-0.05, 0) is 18.8 Å². The molecule has 0 heterocycles. The van der Waals surface area contributed by atoms with Crippen LogP contribution in [-0.4, -0.2) is 29.6 Å². The summed E-state index contributed by atoms with van der Waals surface area (Å²) in [6.45, 7) is 1.27. The lowest BCUT2D eigenvalue weighted by Crippen LogP contribution is -2.48. The van der Waals surface area contributed by atoms with Crippen LogP contribution in [0.4, 0.5) is 8.78 Å². The molecular weight excluding hydrogens is 180 g/mol. The van der Waals surface area contributed by atoms with Crippen molar-refractivity contribution in [3.8, 4) is 0 Å². The molecule has 0 aromatic heterocycles. The first-order valence-corrected chi connectivity index (χ1v) is 4.26. The van der Waals surface area contributed by atoms with Gasteiger partial charge in [-0.3, -0.25) is 0 Å². The fourth-order valence-corrected chi connectivity index (χ4v) is 1.42. The van der Waals surface area contributed by atoms with Crippen molar-refractivity contribution in [2.24, 2.45) is 5.92 Å². The lowest BCUT2D eigenvalue weighted by molar-refractivity contribution is -0.164. The van der Waals surface area contributed by atoms with Crippen LogP contribution in [0.15, 0.2) is 0 Å². The molecule has 13 heavy (non-hydrogen) atoms. The lowest BCUT2D eigenvalue weighted by atomic mass is 9.82. The molecule has 5 heteroatoms. The first-order valence-electron chi connectivity index (χ1n) is 4.26. The summed E-state index contributed by atoms with van der Waals surface area (Å²) in [5.74, 6) is -5.14. The Bertz CT molecular complexity index is 202. The van der Waals surface area contributed by atoms with Crippen molar-refractivity contribution in [1.82, 2.24) is 5.32 Å². The van der Waals surface area contributed by atoms with Gasteiger partial charge in [-0.1, -0.05) is 6.92 Å². The molecule has 1 saturated carbocycles. The smallest absolute Gasteiger partial charge is 0.375 e. The quantitative estimate of drug-likeness (QED) is 0.702. The molecule has 0 aromatic carbocycles. The second kappa shape index (κ2) is 3.57. The van der Waals surface area contributed by atoms with Crippen LogP contribution in [0.3, 0.4) is 0 Å². The Balaban J connectivity index is 2.22. The zero-order chi connectivity index (χ0) is 10.1. The van der Waals surface area contributed by atoms with Gasteiger partial charge in [0.25, 0.3) is 0 Å². The summed E-state index contributed by atoms with van der Waals surface area (Å²) in [7, 11) is 0. The number of hydrogen-bond donors (Lipinski definition) is 2. The van der Waals surface area contributed by atoms with Crippen LogP contribution in [0.1, 0.15) is 19.8 Å². The number of carboxylic acids is 1. The average Bonchev–Trinajstić information content (AvgIpc) is 1.95. The van der Waals surface area contributed by atoms with E-state index in [2.05, 4.69) is 5.32 Å². The predicted molar refractivity (Wildman–Crippen MR) is 42.8 cm³/mol. The summed E-state index contributed by atoms with van der Waals surface area (Å²) in [5.41, 5.74) is 0. The second-order valence-corrected chi connectivity index (χ2v) is 3.66. The lowest BCUT2D eigenvalue weighted by Gasteiger charge is -2.34. The summed E-state index contributed by atoms with van der Waals surface area (Å²) in [6, 6.07) is 0.0697. The van der Waals surface area contributed by atoms with E-state index in [4.69, 9.17) is 5.11 Å². The number of aliphatic carboxylic acids is 1. The van der Waals surface area contributed by atoms with E-state index < -0.39 is 18.4 Å². The second-order valence-electron chi connectivity index (χ2n) is 3.66. The van der Waals surface area contributed by atoms with Crippen molar-refractivity contribution < 1.29 is 18.7 Å². The topological polar surface area (TPSA) is 49.3 Å². The van der Waals surface area contributed by atoms with E-state index in [9.17, 15) is 13.6 Å². The van der Waals surface area contributed by atoms with Gasteiger partial charge >= 0.3 is 11.9 Å². The molecule has 76 valence electrons. The van der Waals surface area contributed by atoms with Gasteiger partial charge in [0.2, 0.25) is 0 Å². The first-order chi connectivity index (χ1) is 5.92. The van der Waals surface area contributed by atoms with E-state index in [0.29, 0.717) is 5.92 Å². The van der Waals surface area contributed by atoms with Crippen molar-refractivity contribution in [1.29, 1.82) is 0 Å². The van der Waals surface area contributed by atoms with Gasteiger partial charge in [-0.2, -0.15) is 8.78 Å². The molecule has 2 N–H and O–H groups in total. The van der Waals surface area contributed by atoms with Gasteiger partial charge in [0.05, 0.1) is 6.54 Å². The molecule has 0 aromatic rings. The predicted octanol–water partition coefficient (Wildman–Crippen LogP) is 1.09. The van der Waals surface area contributed by atoms with Gasteiger partial charge in [-0.15, -0.1) is 0 Å².